The Morgan fingerprint density at radius 1 is 1.40 bits per heavy atom. The van der Waals surface area contributed by atoms with E-state index < -0.39 is 11.7 Å². The molecule has 0 fully saturated rings. The molecule has 0 unspecified atom stereocenters. The van der Waals surface area contributed by atoms with Crippen LogP contribution < -0.4 is 5.32 Å². The molecule has 1 rings (SSSR count). The summed E-state index contributed by atoms with van der Waals surface area (Å²) in [4.78, 5) is 11.6. The first kappa shape index (κ1) is 16.5. The molecule has 1 amide bonds. The van der Waals surface area contributed by atoms with Gasteiger partial charge in [-0.1, -0.05) is 24.0 Å². The van der Waals surface area contributed by atoms with Crippen LogP contribution in [-0.2, 0) is 11.3 Å². The van der Waals surface area contributed by atoms with Crippen LogP contribution in [-0.4, -0.2) is 17.4 Å². The molecule has 3 nitrogen and oxygen atoms in total. The van der Waals surface area contributed by atoms with E-state index in [0.717, 1.165) is 23.3 Å². The first-order valence-corrected chi connectivity index (χ1v) is 7.19. The molecule has 0 aliphatic rings. The highest BCUT2D eigenvalue weighted by molar-refractivity contribution is 7.80. The average molecular weight is 291 g/mol. The van der Waals surface area contributed by atoms with Crippen molar-refractivity contribution in [3.8, 4) is 11.8 Å². The summed E-state index contributed by atoms with van der Waals surface area (Å²) in [6.45, 7) is 5.94. The number of carbonyl (C=O) groups excluding carboxylic acids is 1. The summed E-state index contributed by atoms with van der Waals surface area (Å²) in [5, 5.41) is 2.73. The normalized spacial score (nSPS) is 10.4. The van der Waals surface area contributed by atoms with Crippen molar-refractivity contribution in [3.05, 3.63) is 35.4 Å². The Kier molecular flexibility index (Phi) is 6.47. The quantitative estimate of drug-likeness (QED) is 0.662. The second-order valence-corrected chi connectivity index (χ2v) is 5.78. The molecule has 1 aromatic carbocycles. The monoisotopic (exact) mass is 291 g/mol. The number of rotatable bonds is 3. The number of amides is 1. The van der Waals surface area contributed by atoms with E-state index in [4.69, 9.17) is 4.74 Å². The summed E-state index contributed by atoms with van der Waals surface area (Å²) in [6.07, 6.45) is 0.354. The van der Waals surface area contributed by atoms with Gasteiger partial charge in [-0.3, -0.25) is 0 Å². The molecular weight excluding hydrogens is 270 g/mol. The fourth-order valence-corrected chi connectivity index (χ4v) is 1.58. The van der Waals surface area contributed by atoms with Gasteiger partial charge in [0.25, 0.3) is 0 Å². The van der Waals surface area contributed by atoms with Gasteiger partial charge < -0.3 is 10.1 Å². The lowest BCUT2D eigenvalue weighted by Crippen LogP contribution is -2.32. The molecule has 0 heterocycles. The lowest BCUT2D eigenvalue weighted by atomic mass is 10.1. The first-order chi connectivity index (χ1) is 9.40. The van der Waals surface area contributed by atoms with Gasteiger partial charge in [0.05, 0.1) is 0 Å². The van der Waals surface area contributed by atoms with Gasteiger partial charge in [0.1, 0.15) is 5.60 Å². The highest BCUT2D eigenvalue weighted by Crippen LogP contribution is 2.08. The van der Waals surface area contributed by atoms with Crippen LogP contribution in [0.25, 0.3) is 0 Å². The molecule has 0 spiro atoms. The van der Waals surface area contributed by atoms with Crippen molar-refractivity contribution >= 4 is 18.7 Å². The Morgan fingerprint density at radius 2 is 2.15 bits per heavy atom. The molecule has 0 bridgehead atoms. The van der Waals surface area contributed by atoms with E-state index >= 15 is 0 Å². The standard InChI is InChI=1S/C16H21NO2S/c1-16(2,3)19-15(18)17-12-14-9-6-8-13(11-14)7-4-5-10-20/h6,8-9,11,20H,5,10,12H2,1-3H3,(H,17,18). The average Bonchev–Trinajstić information content (AvgIpc) is 2.35. The maximum Gasteiger partial charge on any atom is 0.407 e. The Bertz CT molecular complexity index is 509. The summed E-state index contributed by atoms with van der Waals surface area (Å²) >= 11 is 4.11. The van der Waals surface area contributed by atoms with Crippen LogP contribution in [0, 0.1) is 11.8 Å². The minimum absolute atomic E-state index is 0.413. The third-order valence-electron chi connectivity index (χ3n) is 2.23. The van der Waals surface area contributed by atoms with Crippen LogP contribution in [0.3, 0.4) is 0 Å². The third-order valence-corrected chi connectivity index (χ3v) is 2.46. The molecule has 0 saturated heterocycles. The second-order valence-electron chi connectivity index (χ2n) is 5.33. The van der Waals surface area contributed by atoms with Crippen molar-refractivity contribution in [2.45, 2.75) is 39.3 Å². The zero-order valence-corrected chi connectivity index (χ0v) is 13.1. The van der Waals surface area contributed by atoms with Gasteiger partial charge in [-0.25, -0.2) is 4.79 Å². The van der Waals surface area contributed by atoms with Crippen LogP contribution in [0.2, 0.25) is 0 Å². The fourth-order valence-electron chi connectivity index (χ4n) is 1.47. The Morgan fingerprint density at radius 3 is 2.80 bits per heavy atom. The van der Waals surface area contributed by atoms with Crippen molar-refractivity contribution in [3.63, 3.8) is 0 Å². The van der Waals surface area contributed by atoms with Crippen molar-refractivity contribution < 1.29 is 9.53 Å². The summed E-state index contributed by atoms with van der Waals surface area (Å²) in [7, 11) is 0. The van der Waals surface area contributed by atoms with E-state index in [1.807, 2.05) is 45.0 Å². The predicted octanol–water partition coefficient (Wildman–Crippen LogP) is 3.38. The van der Waals surface area contributed by atoms with Gasteiger partial charge in [0.15, 0.2) is 0 Å². The van der Waals surface area contributed by atoms with Gasteiger partial charge in [0.2, 0.25) is 0 Å². The van der Waals surface area contributed by atoms with Crippen molar-refractivity contribution in [1.29, 1.82) is 0 Å². The number of alkyl carbamates (subject to hydrolysis) is 1. The van der Waals surface area contributed by atoms with Crippen LogP contribution in [0.15, 0.2) is 24.3 Å². The van der Waals surface area contributed by atoms with E-state index in [2.05, 4.69) is 29.8 Å². The Hall–Kier alpha value is -1.60. The molecule has 4 heteroatoms. The number of benzene rings is 1. The zero-order chi connectivity index (χ0) is 15.0. The number of carbonyl (C=O) groups is 1. The van der Waals surface area contributed by atoms with Gasteiger partial charge in [-0.15, -0.1) is 0 Å². The predicted molar refractivity (Wildman–Crippen MR) is 84.9 cm³/mol. The van der Waals surface area contributed by atoms with E-state index in [-0.39, 0.29) is 0 Å². The SMILES string of the molecule is CC(C)(C)OC(=O)NCc1cccc(C#CCCS)c1. The van der Waals surface area contributed by atoms with Gasteiger partial charge >= 0.3 is 6.09 Å². The largest absolute Gasteiger partial charge is 0.444 e. The van der Waals surface area contributed by atoms with Gasteiger partial charge in [0, 0.05) is 24.3 Å². The molecule has 0 atom stereocenters. The topological polar surface area (TPSA) is 38.3 Å². The highest BCUT2D eigenvalue weighted by Gasteiger charge is 2.15. The van der Waals surface area contributed by atoms with E-state index in [0.29, 0.717) is 6.54 Å². The van der Waals surface area contributed by atoms with E-state index in [9.17, 15) is 4.79 Å². The molecule has 20 heavy (non-hydrogen) atoms. The first-order valence-electron chi connectivity index (χ1n) is 6.56. The molecular formula is C16H21NO2S. The van der Waals surface area contributed by atoms with Crippen LogP contribution in [0.1, 0.15) is 38.3 Å². The summed E-state index contributed by atoms with van der Waals surface area (Å²) < 4.78 is 5.18. The van der Waals surface area contributed by atoms with Crippen LogP contribution in [0.5, 0.6) is 0 Å². The molecule has 0 aromatic heterocycles. The van der Waals surface area contributed by atoms with Crippen LogP contribution in [0.4, 0.5) is 4.79 Å². The molecule has 1 aromatic rings. The zero-order valence-electron chi connectivity index (χ0n) is 12.2. The van der Waals surface area contributed by atoms with Crippen molar-refractivity contribution in [2.24, 2.45) is 0 Å². The van der Waals surface area contributed by atoms with Crippen LogP contribution >= 0.6 is 12.6 Å². The lowest BCUT2D eigenvalue weighted by molar-refractivity contribution is 0.0523. The third kappa shape index (κ3) is 7.10. The Balaban J connectivity index is 2.55. The summed E-state index contributed by atoms with van der Waals surface area (Å²) in [6, 6.07) is 7.78. The second kappa shape index (κ2) is 7.86. The number of hydrogen-bond donors (Lipinski definition) is 2. The number of thiol groups is 1. The lowest BCUT2D eigenvalue weighted by Gasteiger charge is -2.19. The summed E-state index contributed by atoms with van der Waals surface area (Å²) in [5.74, 6) is 6.86. The Labute approximate surface area is 126 Å². The van der Waals surface area contributed by atoms with E-state index in [1.54, 1.807) is 0 Å². The molecule has 1 N–H and O–H groups in total. The minimum atomic E-state index is -0.482. The van der Waals surface area contributed by atoms with Crippen molar-refractivity contribution in [1.82, 2.24) is 5.32 Å². The minimum Gasteiger partial charge on any atom is -0.444 e. The van der Waals surface area contributed by atoms with E-state index in [1.165, 1.54) is 0 Å². The number of ether oxygens (including phenoxy) is 1. The smallest absolute Gasteiger partial charge is 0.407 e. The number of nitrogens with one attached hydrogen (secondary N) is 1. The molecule has 0 radical (unpaired) electrons. The highest BCUT2D eigenvalue weighted by atomic mass is 32.1. The molecule has 0 aliphatic carbocycles. The maximum atomic E-state index is 11.6. The molecule has 0 saturated carbocycles. The van der Waals surface area contributed by atoms with Gasteiger partial charge in [-0.05, 0) is 38.5 Å². The maximum absolute atomic E-state index is 11.6. The molecule has 108 valence electrons. The molecule has 0 aliphatic heterocycles. The number of hydrogen-bond acceptors (Lipinski definition) is 3. The summed E-state index contributed by atoms with van der Waals surface area (Å²) in [5.41, 5.74) is 1.45. The van der Waals surface area contributed by atoms with Crippen molar-refractivity contribution in [2.75, 3.05) is 5.75 Å². The fraction of sp³-hybridized carbons (Fsp3) is 0.438. The van der Waals surface area contributed by atoms with Gasteiger partial charge in [-0.2, -0.15) is 12.6 Å².